The SMILES string of the molecule is Nn1cc(-c2ccccc2)nc1SCc1c(Cl)cccc1Cl. The molecule has 1 aromatic heterocycles. The smallest absolute Gasteiger partial charge is 0.187 e. The van der Waals surface area contributed by atoms with Crippen molar-refractivity contribution >= 4 is 35.0 Å². The van der Waals surface area contributed by atoms with Crippen molar-refractivity contribution in [2.75, 3.05) is 5.84 Å². The van der Waals surface area contributed by atoms with Crippen molar-refractivity contribution in [2.24, 2.45) is 0 Å². The van der Waals surface area contributed by atoms with Gasteiger partial charge in [-0.25, -0.2) is 9.66 Å². The van der Waals surface area contributed by atoms with Gasteiger partial charge in [-0.1, -0.05) is 71.4 Å². The molecule has 6 heteroatoms. The van der Waals surface area contributed by atoms with E-state index in [2.05, 4.69) is 4.98 Å². The van der Waals surface area contributed by atoms with Gasteiger partial charge in [0.05, 0.1) is 11.9 Å². The number of imidazole rings is 1. The highest BCUT2D eigenvalue weighted by molar-refractivity contribution is 7.98. The molecule has 0 saturated heterocycles. The van der Waals surface area contributed by atoms with Gasteiger partial charge in [0.25, 0.3) is 0 Å². The van der Waals surface area contributed by atoms with E-state index in [0.717, 1.165) is 22.0 Å². The van der Waals surface area contributed by atoms with Crippen LogP contribution in [0.5, 0.6) is 0 Å². The first-order valence-corrected chi connectivity index (χ1v) is 8.35. The van der Waals surface area contributed by atoms with Gasteiger partial charge >= 0.3 is 0 Å². The van der Waals surface area contributed by atoms with Crippen LogP contribution in [0.25, 0.3) is 11.3 Å². The van der Waals surface area contributed by atoms with Crippen molar-refractivity contribution in [3.63, 3.8) is 0 Å². The van der Waals surface area contributed by atoms with Gasteiger partial charge in [-0.2, -0.15) is 0 Å². The summed E-state index contributed by atoms with van der Waals surface area (Å²) in [6.07, 6.45) is 1.81. The lowest BCUT2D eigenvalue weighted by Crippen LogP contribution is -2.07. The third kappa shape index (κ3) is 3.24. The molecule has 112 valence electrons. The van der Waals surface area contributed by atoms with Gasteiger partial charge in [0.1, 0.15) is 0 Å². The number of nitrogen functional groups attached to an aromatic ring is 1. The van der Waals surface area contributed by atoms with Crippen LogP contribution in [0.15, 0.2) is 59.9 Å². The van der Waals surface area contributed by atoms with Gasteiger partial charge in [0.15, 0.2) is 5.16 Å². The van der Waals surface area contributed by atoms with E-state index in [1.807, 2.05) is 54.7 Å². The number of halogens is 2. The van der Waals surface area contributed by atoms with Crippen molar-refractivity contribution in [1.82, 2.24) is 9.66 Å². The zero-order valence-corrected chi connectivity index (χ0v) is 13.9. The summed E-state index contributed by atoms with van der Waals surface area (Å²) in [5.41, 5.74) is 2.76. The molecule has 0 radical (unpaired) electrons. The first kappa shape index (κ1) is 15.3. The molecule has 0 saturated carbocycles. The predicted molar refractivity (Wildman–Crippen MR) is 93.8 cm³/mol. The van der Waals surface area contributed by atoms with Gasteiger partial charge < -0.3 is 5.84 Å². The fourth-order valence-electron chi connectivity index (χ4n) is 2.04. The average Bonchev–Trinajstić information content (AvgIpc) is 2.89. The monoisotopic (exact) mass is 349 g/mol. The molecule has 0 amide bonds. The highest BCUT2D eigenvalue weighted by atomic mass is 35.5. The minimum absolute atomic E-state index is 0.612. The Morgan fingerprint density at radius 3 is 2.36 bits per heavy atom. The molecule has 3 aromatic rings. The lowest BCUT2D eigenvalue weighted by molar-refractivity contribution is 0.851. The Morgan fingerprint density at radius 2 is 1.68 bits per heavy atom. The summed E-state index contributed by atoms with van der Waals surface area (Å²) in [6.45, 7) is 0. The molecule has 0 atom stereocenters. The lowest BCUT2D eigenvalue weighted by atomic mass is 10.2. The summed E-state index contributed by atoms with van der Waals surface area (Å²) in [5, 5.41) is 2.02. The fraction of sp³-hybridized carbons (Fsp3) is 0.0625. The summed E-state index contributed by atoms with van der Waals surface area (Å²) < 4.78 is 1.53. The van der Waals surface area contributed by atoms with Gasteiger partial charge in [0, 0.05) is 21.4 Å². The maximum atomic E-state index is 6.18. The number of thioether (sulfide) groups is 1. The Labute approximate surface area is 143 Å². The molecule has 0 bridgehead atoms. The van der Waals surface area contributed by atoms with E-state index in [-0.39, 0.29) is 0 Å². The van der Waals surface area contributed by atoms with Gasteiger partial charge in [-0.3, -0.25) is 0 Å². The number of nitrogens with two attached hydrogens (primary N) is 1. The second kappa shape index (κ2) is 6.65. The van der Waals surface area contributed by atoms with Gasteiger partial charge in [-0.05, 0) is 17.7 Å². The molecular weight excluding hydrogens is 337 g/mol. The highest BCUT2D eigenvalue weighted by Crippen LogP contribution is 2.31. The Balaban J connectivity index is 1.81. The maximum absolute atomic E-state index is 6.18. The predicted octanol–water partition coefficient (Wildman–Crippen LogP) is 4.86. The molecule has 0 fully saturated rings. The second-order valence-corrected chi connectivity index (χ2v) is 6.43. The zero-order chi connectivity index (χ0) is 15.5. The normalized spacial score (nSPS) is 10.8. The average molecular weight is 350 g/mol. The fourth-order valence-corrected chi connectivity index (χ4v) is 3.68. The summed E-state index contributed by atoms with van der Waals surface area (Å²) >= 11 is 13.9. The van der Waals surface area contributed by atoms with Crippen molar-refractivity contribution in [3.05, 3.63) is 70.3 Å². The molecule has 0 aliphatic heterocycles. The molecule has 0 aliphatic rings. The Hall–Kier alpha value is -1.62. The standard InChI is InChI=1S/C16H13Cl2N3S/c17-13-7-4-8-14(18)12(13)10-22-16-20-15(9-21(16)19)11-5-2-1-3-6-11/h1-9H,10,19H2. The summed E-state index contributed by atoms with van der Waals surface area (Å²) in [7, 11) is 0. The van der Waals surface area contributed by atoms with E-state index < -0.39 is 0 Å². The molecule has 1 heterocycles. The van der Waals surface area contributed by atoms with E-state index in [4.69, 9.17) is 29.0 Å². The summed E-state index contributed by atoms with van der Waals surface area (Å²) in [4.78, 5) is 4.57. The zero-order valence-electron chi connectivity index (χ0n) is 11.5. The molecule has 3 nitrogen and oxygen atoms in total. The van der Waals surface area contributed by atoms with Crippen molar-refractivity contribution < 1.29 is 0 Å². The maximum Gasteiger partial charge on any atom is 0.187 e. The lowest BCUT2D eigenvalue weighted by Gasteiger charge is -2.06. The molecular formula is C16H13Cl2N3S. The van der Waals surface area contributed by atoms with Crippen LogP contribution in [0.2, 0.25) is 10.0 Å². The number of hydrogen-bond acceptors (Lipinski definition) is 3. The van der Waals surface area contributed by atoms with E-state index in [1.165, 1.54) is 16.4 Å². The Bertz CT molecular complexity index is 767. The third-order valence-corrected chi connectivity index (χ3v) is 4.88. The summed E-state index contributed by atoms with van der Waals surface area (Å²) in [5.74, 6) is 6.60. The third-order valence-electron chi connectivity index (χ3n) is 3.18. The number of hydrogen-bond donors (Lipinski definition) is 1. The number of rotatable bonds is 4. The Morgan fingerprint density at radius 1 is 1.00 bits per heavy atom. The molecule has 0 unspecified atom stereocenters. The Kier molecular flexibility index (Phi) is 4.62. The van der Waals surface area contributed by atoms with Crippen LogP contribution >= 0.6 is 35.0 Å². The minimum atomic E-state index is 0.612. The topological polar surface area (TPSA) is 43.8 Å². The number of aromatic nitrogens is 2. The van der Waals surface area contributed by atoms with Crippen LogP contribution in [-0.4, -0.2) is 9.66 Å². The van der Waals surface area contributed by atoms with Crippen molar-refractivity contribution in [3.8, 4) is 11.3 Å². The first-order valence-electron chi connectivity index (χ1n) is 6.60. The van der Waals surface area contributed by atoms with E-state index in [0.29, 0.717) is 15.8 Å². The molecule has 3 rings (SSSR count). The molecule has 0 spiro atoms. The quantitative estimate of drug-likeness (QED) is 0.540. The van der Waals surface area contributed by atoms with Crippen molar-refractivity contribution in [2.45, 2.75) is 10.9 Å². The van der Waals surface area contributed by atoms with Crippen LogP contribution in [0.3, 0.4) is 0 Å². The van der Waals surface area contributed by atoms with Crippen LogP contribution in [0.4, 0.5) is 0 Å². The minimum Gasteiger partial charge on any atom is -0.337 e. The summed E-state index contributed by atoms with van der Waals surface area (Å²) in [6, 6.07) is 15.4. The molecule has 22 heavy (non-hydrogen) atoms. The number of benzene rings is 2. The van der Waals surface area contributed by atoms with E-state index >= 15 is 0 Å². The van der Waals surface area contributed by atoms with Crippen molar-refractivity contribution in [1.29, 1.82) is 0 Å². The van der Waals surface area contributed by atoms with Crippen LogP contribution in [-0.2, 0) is 5.75 Å². The van der Waals surface area contributed by atoms with Crippen LogP contribution < -0.4 is 5.84 Å². The molecule has 2 aromatic carbocycles. The van der Waals surface area contributed by atoms with Crippen LogP contribution in [0.1, 0.15) is 5.56 Å². The number of nitrogens with zero attached hydrogens (tertiary/aromatic N) is 2. The molecule has 0 aliphatic carbocycles. The van der Waals surface area contributed by atoms with E-state index in [9.17, 15) is 0 Å². The van der Waals surface area contributed by atoms with Crippen LogP contribution in [0, 0.1) is 0 Å². The second-order valence-electron chi connectivity index (χ2n) is 4.67. The van der Waals surface area contributed by atoms with E-state index in [1.54, 1.807) is 0 Å². The van der Waals surface area contributed by atoms with Gasteiger partial charge in [-0.15, -0.1) is 0 Å². The highest BCUT2D eigenvalue weighted by Gasteiger charge is 2.11. The molecule has 2 N–H and O–H groups in total. The first-order chi connectivity index (χ1) is 10.6. The largest absolute Gasteiger partial charge is 0.337 e. The van der Waals surface area contributed by atoms with Gasteiger partial charge in [0.2, 0.25) is 0 Å².